The molecule has 28 heavy (non-hydrogen) atoms. The van der Waals surface area contributed by atoms with Crippen LogP contribution in [0.3, 0.4) is 0 Å². The van der Waals surface area contributed by atoms with Crippen LogP contribution in [0, 0.1) is 0 Å². The van der Waals surface area contributed by atoms with Crippen molar-refractivity contribution < 1.29 is 13.2 Å². The molecular formula is C18H15N5O3S2. The zero-order valence-electron chi connectivity index (χ0n) is 14.7. The largest absolute Gasteiger partial charge is 0.298 e. The normalized spacial score (nSPS) is 11.6. The van der Waals surface area contributed by atoms with Crippen LogP contribution in [0.15, 0.2) is 60.0 Å². The molecule has 0 spiro atoms. The van der Waals surface area contributed by atoms with Crippen LogP contribution < -0.4 is 5.32 Å². The van der Waals surface area contributed by atoms with Gasteiger partial charge in [-0.15, -0.1) is 0 Å². The first-order valence-corrected chi connectivity index (χ1v) is 10.9. The molecule has 0 bridgehead atoms. The van der Waals surface area contributed by atoms with Gasteiger partial charge in [0.1, 0.15) is 12.7 Å². The Kier molecular flexibility index (Phi) is 4.65. The Hall–Kier alpha value is -3.11. The van der Waals surface area contributed by atoms with Gasteiger partial charge in [-0.1, -0.05) is 23.5 Å². The Morgan fingerprint density at radius 3 is 2.64 bits per heavy atom. The third-order valence-corrected chi connectivity index (χ3v) is 6.08. The maximum Gasteiger partial charge on any atom is 0.257 e. The highest BCUT2D eigenvalue weighted by atomic mass is 32.2. The van der Waals surface area contributed by atoms with Crippen molar-refractivity contribution in [2.75, 3.05) is 11.6 Å². The van der Waals surface area contributed by atoms with Gasteiger partial charge in [-0.05, 0) is 35.9 Å². The van der Waals surface area contributed by atoms with Crippen LogP contribution in [0.1, 0.15) is 15.9 Å². The topological polar surface area (TPSA) is 107 Å². The van der Waals surface area contributed by atoms with Crippen molar-refractivity contribution in [3.63, 3.8) is 0 Å². The van der Waals surface area contributed by atoms with Crippen LogP contribution in [-0.4, -0.2) is 40.3 Å². The van der Waals surface area contributed by atoms with E-state index in [4.69, 9.17) is 0 Å². The number of benzene rings is 2. The highest BCUT2D eigenvalue weighted by molar-refractivity contribution is 7.90. The van der Waals surface area contributed by atoms with Gasteiger partial charge in [0.05, 0.1) is 21.7 Å². The van der Waals surface area contributed by atoms with Gasteiger partial charge in [0.25, 0.3) is 5.91 Å². The van der Waals surface area contributed by atoms with Crippen LogP contribution in [0.2, 0.25) is 0 Å². The Labute approximate surface area is 164 Å². The number of hydrogen-bond acceptors (Lipinski definition) is 7. The minimum Gasteiger partial charge on any atom is -0.298 e. The van der Waals surface area contributed by atoms with Gasteiger partial charge in [0, 0.05) is 11.8 Å². The first kappa shape index (κ1) is 18.3. The number of carbonyl (C=O) groups excluding carboxylic acids is 1. The Balaban J connectivity index is 1.50. The molecule has 1 N–H and O–H groups in total. The minimum absolute atomic E-state index is 0.226. The van der Waals surface area contributed by atoms with E-state index in [2.05, 4.69) is 20.4 Å². The molecule has 0 fully saturated rings. The van der Waals surface area contributed by atoms with Crippen LogP contribution in [-0.2, 0) is 16.4 Å². The smallest absolute Gasteiger partial charge is 0.257 e. The first-order valence-electron chi connectivity index (χ1n) is 8.22. The summed E-state index contributed by atoms with van der Waals surface area (Å²) in [5.41, 5.74) is 2.13. The number of fused-ring (bicyclic) bond motifs is 1. The molecule has 0 atom stereocenters. The van der Waals surface area contributed by atoms with Crippen molar-refractivity contribution in [3.05, 3.63) is 66.2 Å². The fourth-order valence-electron chi connectivity index (χ4n) is 2.62. The fraction of sp³-hybridized carbons (Fsp3) is 0.111. The molecule has 142 valence electrons. The second-order valence-corrected chi connectivity index (χ2v) is 9.21. The second kappa shape index (κ2) is 7.13. The van der Waals surface area contributed by atoms with Crippen molar-refractivity contribution in [3.8, 4) is 0 Å². The molecule has 0 aliphatic heterocycles. The van der Waals surface area contributed by atoms with E-state index in [0.717, 1.165) is 11.8 Å². The lowest BCUT2D eigenvalue weighted by Gasteiger charge is -2.04. The summed E-state index contributed by atoms with van der Waals surface area (Å²) >= 11 is 1.23. The van der Waals surface area contributed by atoms with Crippen LogP contribution >= 0.6 is 11.3 Å². The van der Waals surface area contributed by atoms with Crippen molar-refractivity contribution in [2.24, 2.45) is 0 Å². The van der Waals surface area contributed by atoms with Crippen molar-refractivity contribution in [1.29, 1.82) is 0 Å². The molecule has 4 rings (SSSR count). The van der Waals surface area contributed by atoms with Gasteiger partial charge in [-0.25, -0.2) is 23.1 Å². The highest BCUT2D eigenvalue weighted by Gasteiger charge is 2.13. The number of hydrogen-bond donors (Lipinski definition) is 1. The number of thiazole rings is 1. The summed E-state index contributed by atoms with van der Waals surface area (Å²) in [7, 11) is -3.29. The molecular weight excluding hydrogens is 398 g/mol. The molecule has 4 aromatic rings. The third-order valence-electron chi connectivity index (χ3n) is 4.04. The highest BCUT2D eigenvalue weighted by Crippen LogP contribution is 2.28. The zero-order valence-corrected chi connectivity index (χ0v) is 16.4. The summed E-state index contributed by atoms with van der Waals surface area (Å²) in [6, 6.07) is 11.9. The van der Waals surface area contributed by atoms with Crippen molar-refractivity contribution >= 4 is 42.4 Å². The van der Waals surface area contributed by atoms with E-state index in [1.165, 1.54) is 23.7 Å². The Bertz CT molecular complexity index is 1250. The molecule has 1 amide bonds. The lowest BCUT2D eigenvalue weighted by Crippen LogP contribution is -2.11. The van der Waals surface area contributed by atoms with Gasteiger partial charge in [0.15, 0.2) is 15.0 Å². The fourth-order valence-corrected chi connectivity index (χ4v) is 4.24. The summed E-state index contributed by atoms with van der Waals surface area (Å²) in [6.45, 7) is 0.572. The number of rotatable bonds is 5. The summed E-state index contributed by atoms with van der Waals surface area (Å²) in [4.78, 5) is 20.9. The molecule has 0 radical (unpaired) electrons. The number of carbonyl (C=O) groups is 1. The van der Waals surface area contributed by atoms with Crippen LogP contribution in [0.25, 0.3) is 10.2 Å². The molecule has 2 aromatic heterocycles. The summed E-state index contributed by atoms with van der Waals surface area (Å²) in [5, 5.41) is 7.23. The monoisotopic (exact) mass is 413 g/mol. The summed E-state index contributed by atoms with van der Waals surface area (Å²) in [5.74, 6) is -0.283. The van der Waals surface area contributed by atoms with Gasteiger partial charge < -0.3 is 0 Å². The van der Waals surface area contributed by atoms with E-state index >= 15 is 0 Å². The van der Waals surface area contributed by atoms with E-state index in [0.29, 0.717) is 27.5 Å². The lowest BCUT2D eigenvalue weighted by molar-refractivity contribution is 0.102. The molecule has 0 aliphatic rings. The minimum atomic E-state index is -3.29. The summed E-state index contributed by atoms with van der Waals surface area (Å²) in [6.07, 6.45) is 4.26. The molecule has 2 heterocycles. The predicted octanol–water partition coefficient (Wildman–Crippen LogP) is 2.59. The number of aromatic nitrogens is 4. The van der Waals surface area contributed by atoms with E-state index in [9.17, 15) is 13.2 Å². The Morgan fingerprint density at radius 2 is 1.96 bits per heavy atom. The zero-order chi connectivity index (χ0) is 19.7. The average molecular weight is 413 g/mol. The van der Waals surface area contributed by atoms with Gasteiger partial charge in [-0.2, -0.15) is 5.10 Å². The molecule has 0 saturated heterocycles. The number of amides is 1. The number of sulfone groups is 1. The van der Waals surface area contributed by atoms with Gasteiger partial charge >= 0.3 is 0 Å². The van der Waals surface area contributed by atoms with E-state index in [1.54, 1.807) is 35.3 Å². The van der Waals surface area contributed by atoms with Crippen LogP contribution in [0.5, 0.6) is 0 Å². The number of nitrogens with zero attached hydrogens (tertiary/aromatic N) is 4. The van der Waals surface area contributed by atoms with E-state index < -0.39 is 9.84 Å². The summed E-state index contributed by atoms with van der Waals surface area (Å²) < 4.78 is 25.7. The maximum absolute atomic E-state index is 12.5. The quantitative estimate of drug-likeness (QED) is 0.539. The lowest BCUT2D eigenvalue weighted by atomic mass is 10.1. The van der Waals surface area contributed by atoms with Crippen molar-refractivity contribution in [1.82, 2.24) is 19.7 Å². The van der Waals surface area contributed by atoms with Gasteiger partial charge in [-0.3, -0.25) is 10.1 Å². The molecule has 8 nitrogen and oxygen atoms in total. The average Bonchev–Trinajstić information content (AvgIpc) is 3.29. The van der Waals surface area contributed by atoms with Gasteiger partial charge in [0.2, 0.25) is 0 Å². The maximum atomic E-state index is 12.5. The Morgan fingerprint density at radius 1 is 1.18 bits per heavy atom. The molecule has 0 saturated carbocycles. The molecule has 2 aromatic carbocycles. The first-order chi connectivity index (χ1) is 13.4. The number of anilines is 1. The van der Waals surface area contributed by atoms with Crippen molar-refractivity contribution in [2.45, 2.75) is 11.4 Å². The molecule has 0 unspecified atom stereocenters. The van der Waals surface area contributed by atoms with E-state index in [1.807, 2.05) is 12.1 Å². The van der Waals surface area contributed by atoms with Crippen LogP contribution in [0.4, 0.5) is 5.13 Å². The molecule has 0 aliphatic carbocycles. The van der Waals surface area contributed by atoms with E-state index in [-0.39, 0.29) is 10.8 Å². The predicted molar refractivity (Wildman–Crippen MR) is 106 cm³/mol. The SMILES string of the molecule is CS(=O)(=O)c1ccc2nc(NC(=O)c3ccc(Cn4cncn4)cc3)sc2c1. The second-order valence-electron chi connectivity index (χ2n) is 6.16. The third kappa shape index (κ3) is 3.92. The molecule has 10 heteroatoms. The number of nitrogens with one attached hydrogen (secondary N) is 1. The standard InChI is InChI=1S/C18H15N5O3S2/c1-28(25,26)14-6-7-15-16(8-14)27-18(21-15)22-17(24)13-4-2-12(3-5-13)9-23-11-19-10-20-23/h2-8,10-11H,9H2,1H3,(H,21,22,24).